The van der Waals surface area contributed by atoms with Gasteiger partial charge in [-0.2, -0.15) is 0 Å². The summed E-state index contributed by atoms with van der Waals surface area (Å²) in [5, 5.41) is 12.7. The van der Waals surface area contributed by atoms with Crippen LogP contribution in [0.5, 0.6) is 0 Å². The molecule has 0 heterocycles. The Kier molecular flexibility index (Phi) is 5.50. The van der Waals surface area contributed by atoms with Gasteiger partial charge in [-0.05, 0) is 24.0 Å². The van der Waals surface area contributed by atoms with Crippen LogP contribution >= 0.6 is 0 Å². The molecule has 0 fully saturated rings. The lowest BCUT2D eigenvalue weighted by atomic mass is 9.99. The summed E-state index contributed by atoms with van der Waals surface area (Å²) in [5.41, 5.74) is 2.61. The molecule has 2 atom stereocenters. The summed E-state index contributed by atoms with van der Waals surface area (Å²) in [7, 11) is 0. The van der Waals surface area contributed by atoms with E-state index in [1.807, 2.05) is 0 Å². The standard InChI is InChI=1S/C14H23NO/c1-4-11(2)14(10-16)15-9-13-8-6-5-7-12(13)3/h5-8,11,14-16H,4,9-10H2,1-3H3. The van der Waals surface area contributed by atoms with Gasteiger partial charge >= 0.3 is 0 Å². The number of benzene rings is 1. The highest BCUT2D eigenvalue weighted by molar-refractivity contribution is 5.25. The van der Waals surface area contributed by atoms with Crippen molar-refractivity contribution in [1.82, 2.24) is 5.32 Å². The first kappa shape index (κ1) is 13.2. The van der Waals surface area contributed by atoms with Gasteiger partial charge in [0.25, 0.3) is 0 Å². The van der Waals surface area contributed by atoms with Gasteiger partial charge in [-0.3, -0.25) is 0 Å². The monoisotopic (exact) mass is 221 g/mol. The number of hydrogen-bond acceptors (Lipinski definition) is 2. The number of nitrogens with one attached hydrogen (secondary N) is 1. The number of hydrogen-bond donors (Lipinski definition) is 2. The maximum Gasteiger partial charge on any atom is 0.0587 e. The van der Waals surface area contributed by atoms with E-state index in [1.165, 1.54) is 11.1 Å². The molecule has 2 unspecified atom stereocenters. The highest BCUT2D eigenvalue weighted by Crippen LogP contribution is 2.10. The molecule has 2 nitrogen and oxygen atoms in total. The minimum Gasteiger partial charge on any atom is -0.395 e. The summed E-state index contributed by atoms with van der Waals surface area (Å²) in [6.07, 6.45) is 1.09. The molecule has 1 aromatic carbocycles. The van der Waals surface area contributed by atoms with Gasteiger partial charge in [-0.25, -0.2) is 0 Å². The average Bonchev–Trinajstić information content (AvgIpc) is 2.31. The largest absolute Gasteiger partial charge is 0.395 e. The SMILES string of the molecule is CCC(C)C(CO)NCc1ccccc1C. The molecule has 2 heteroatoms. The number of rotatable bonds is 6. The minimum atomic E-state index is 0.199. The van der Waals surface area contributed by atoms with Crippen molar-refractivity contribution in [1.29, 1.82) is 0 Å². The molecule has 0 spiro atoms. The van der Waals surface area contributed by atoms with Crippen LogP contribution in [0.25, 0.3) is 0 Å². The predicted octanol–water partition coefficient (Wildman–Crippen LogP) is 2.49. The highest BCUT2D eigenvalue weighted by Gasteiger charge is 2.13. The maximum atomic E-state index is 9.31. The Morgan fingerprint density at radius 3 is 2.56 bits per heavy atom. The van der Waals surface area contributed by atoms with E-state index in [4.69, 9.17) is 0 Å². The molecule has 0 amide bonds. The Morgan fingerprint density at radius 1 is 1.31 bits per heavy atom. The second-order valence-electron chi connectivity index (χ2n) is 4.48. The molecule has 90 valence electrons. The third-order valence-corrected chi connectivity index (χ3v) is 3.34. The zero-order chi connectivity index (χ0) is 12.0. The molecule has 16 heavy (non-hydrogen) atoms. The topological polar surface area (TPSA) is 32.3 Å². The number of aryl methyl sites for hydroxylation is 1. The lowest BCUT2D eigenvalue weighted by Crippen LogP contribution is -2.37. The van der Waals surface area contributed by atoms with Crippen molar-refractivity contribution in [3.8, 4) is 0 Å². The first-order chi connectivity index (χ1) is 7.69. The zero-order valence-electron chi connectivity index (χ0n) is 10.5. The van der Waals surface area contributed by atoms with Gasteiger partial charge in [-0.1, -0.05) is 44.5 Å². The van der Waals surface area contributed by atoms with E-state index in [0.29, 0.717) is 5.92 Å². The second-order valence-corrected chi connectivity index (χ2v) is 4.48. The first-order valence-corrected chi connectivity index (χ1v) is 6.07. The van der Waals surface area contributed by atoms with Crippen molar-refractivity contribution >= 4 is 0 Å². The quantitative estimate of drug-likeness (QED) is 0.773. The van der Waals surface area contributed by atoms with Gasteiger partial charge < -0.3 is 10.4 Å². The van der Waals surface area contributed by atoms with Gasteiger partial charge in [-0.15, -0.1) is 0 Å². The van der Waals surface area contributed by atoms with Crippen molar-refractivity contribution in [2.24, 2.45) is 5.92 Å². The minimum absolute atomic E-state index is 0.199. The van der Waals surface area contributed by atoms with Crippen LogP contribution in [0.15, 0.2) is 24.3 Å². The first-order valence-electron chi connectivity index (χ1n) is 6.07. The number of aliphatic hydroxyl groups is 1. The van der Waals surface area contributed by atoms with E-state index >= 15 is 0 Å². The average molecular weight is 221 g/mol. The predicted molar refractivity (Wildman–Crippen MR) is 68.3 cm³/mol. The molecular formula is C14H23NO. The molecule has 0 saturated heterocycles. The summed E-state index contributed by atoms with van der Waals surface area (Å²) < 4.78 is 0. The van der Waals surface area contributed by atoms with Crippen molar-refractivity contribution in [3.63, 3.8) is 0 Å². The summed E-state index contributed by atoms with van der Waals surface area (Å²) in [6.45, 7) is 7.49. The fourth-order valence-electron chi connectivity index (χ4n) is 1.78. The van der Waals surface area contributed by atoms with E-state index in [1.54, 1.807) is 0 Å². The van der Waals surface area contributed by atoms with E-state index in [9.17, 15) is 5.11 Å². The van der Waals surface area contributed by atoms with Crippen LogP contribution in [0, 0.1) is 12.8 Å². The highest BCUT2D eigenvalue weighted by atomic mass is 16.3. The van der Waals surface area contributed by atoms with Crippen molar-refractivity contribution in [3.05, 3.63) is 35.4 Å². The van der Waals surface area contributed by atoms with E-state index < -0.39 is 0 Å². The van der Waals surface area contributed by atoms with Gasteiger partial charge in [0.05, 0.1) is 6.61 Å². The summed E-state index contributed by atoms with van der Waals surface area (Å²) in [6, 6.07) is 8.56. The molecule has 0 bridgehead atoms. The van der Waals surface area contributed by atoms with Crippen molar-refractivity contribution < 1.29 is 5.11 Å². The fraction of sp³-hybridized carbons (Fsp3) is 0.571. The van der Waals surface area contributed by atoms with Crippen LogP contribution in [0.2, 0.25) is 0 Å². The lowest BCUT2D eigenvalue weighted by Gasteiger charge is -2.22. The molecule has 0 aliphatic heterocycles. The molecule has 1 rings (SSSR count). The van der Waals surface area contributed by atoms with E-state index in [0.717, 1.165) is 13.0 Å². The Morgan fingerprint density at radius 2 is 2.00 bits per heavy atom. The molecule has 0 aromatic heterocycles. The lowest BCUT2D eigenvalue weighted by molar-refractivity contribution is 0.201. The van der Waals surface area contributed by atoms with Crippen LogP contribution in [-0.2, 0) is 6.54 Å². The Bertz CT molecular complexity index is 311. The van der Waals surface area contributed by atoms with Crippen LogP contribution in [0.3, 0.4) is 0 Å². The van der Waals surface area contributed by atoms with Gasteiger partial charge in [0.15, 0.2) is 0 Å². The normalized spacial score (nSPS) is 14.8. The molecule has 0 radical (unpaired) electrons. The Hall–Kier alpha value is -0.860. The molecule has 0 aliphatic carbocycles. The smallest absolute Gasteiger partial charge is 0.0587 e. The summed E-state index contributed by atoms with van der Waals surface area (Å²) in [5.74, 6) is 0.508. The van der Waals surface area contributed by atoms with Crippen LogP contribution in [-0.4, -0.2) is 17.8 Å². The Labute approximate surface area is 98.7 Å². The van der Waals surface area contributed by atoms with Gasteiger partial charge in [0, 0.05) is 12.6 Å². The van der Waals surface area contributed by atoms with Crippen LogP contribution < -0.4 is 5.32 Å². The third-order valence-electron chi connectivity index (χ3n) is 3.34. The number of aliphatic hydroxyl groups excluding tert-OH is 1. The second kappa shape index (κ2) is 6.66. The molecule has 0 saturated carbocycles. The van der Waals surface area contributed by atoms with Gasteiger partial charge in [0.2, 0.25) is 0 Å². The van der Waals surface area contributed by atoms with Crippen molar-refractivity contribution in [2.45, 2.75) is 39.8 Å². The fourth-order valence-corrected chi connectivity index (χ4v) is 1.78. The zero-order valence-corrected chi connectivity index (χ0v) is 10.5. The molecule has 0 aliphatic rings. The van der Waals surface area contributed by atoms with Gasteiger partial charge in [0.1, 0.15) is 0 Å². The van der Waals surface area contributed by atoms with E-state index in [-0.39, 0.29) is 12.6 Å². The molecule has 2 N–H and O–H groups in total. The van der Waals surface area contributed by atoms with E-state index in [2.05, 4.69) is 50.4 Å². The van der Waals surface area contributed by atoms with Crippen molar-refractivity contribution in [2.75, 3.05) is 6.61 Å². The Balaban J connectivity index is 2.53. The molecule has 1 aromatic rings. The third kappa shape index (κ3) is 3.62. The van der Waals surface area contributed by atoms with Crippen LogP contribution in [0.4, 0.5) is 0 Å². The molecular weight excluding hydrogens is 198 g/mol. The maximum absolute atomic E-state index is 9.31. The summed E-state index contributed by atoms with van der Waals surface area (Å²) in [4.78, 5) is 0. The summed E-state index contributed by atoms with van der Waals surface area (Å²) >= 11 is 0. The van der Waals surface area contributed by atoms with Crippen LogP contribution in [0.1, 0.15) is 31.4 Å².